The Bertz CT molecular complexity index is 1030. The molecular weight excluding hydrogens is 560 g/mol. The summed E-state index contributed by atoms with van der Waals surface area (Å²) in [4.78, 5) is 23.9. The van der Waals surface area contributed by atoms with Gasteiger partial charge in [0.1, 0.15) is 0 Å². The van der Waals surface area contributed by atoms with E-state index in [1.54, 1.807) is 6.92 Å². The molecule has 1 unspecified atom stereocenters. The lowest BCUT2D eigenvalue weighted by Gasteiger charge is -2.40. The van der Waals surface area contributed by atoms with Crippen molar-refractivity contribution in [2.75, 3.05) is 19.8 Å². The van der Waals surface area contributed by atoms with E-state index < -0.39 is 5.97 Å². The zero-order valence-electron chi connectivity index (χ0n) is 28.5. The Morgan fingerprint density at radius 3 is 1.80 bits per heavy atom. The van der Waals surface area contributed by atoms with Crippen molar-refractivity contribution in [1.82, 2.24) is 0 Å². The van der Waals surface area contributed by atoms with Gasteiger partial charge in [0.2, 0.25) is 0 Å². The highest BCUT2D eigenvalue weighted by Crippen LogP contribution is 2.44. The van der Waals surface area contributed by atoms with Gasteiger partial charge in [-0.15, -0.1) is 0 Å². The van der Waals surface area contributed by atoms with Gasteiger partial charge in [0.25, 0.3) is 0 Å². The van der Waals surface area contributed by atoms with Gasteiger partial charge in [-0.05, 0) is 125 Å². The first-order chi connectivity index (χ1) is 21.8. The van der Waals surface area contributed by atoms with Crippen LogP contribution in [-0.4, -0.2) is 36.9 Å². The second-order valence-corrected chi connectivity index (χ2v) is 14.1. The number of ether oxygens (including phenoxy) is 2. The molecule has 1 aromatic carbocycles. The molecule has 0 bridgehead atoms. The molecule has 2 aliphatic carbocycles. The van der Waals surface area contributed by atoms with Crippen LogP contribution in [0.3, 0.4) is 0 Å². The van der Waals surface area contributed by atoms with Crippen molar-refractivity contribution in [1.29, 1.82) is 0 Å². The first-order valence-corrected chi connectivity index (χ1v) is 18.2. The van der Waals surface area contributed by atoms with Gasteiger partial charge in [0.05, 0.1) is 25.4 Å². The summed E-state index contributed by atoms with van der Waals surface area (Å²) in [5.41, 5.74) is 3.48. The van der Waals surface area contributed by atoms with E-state index in [-0.39, 0.29) is 18.1 Å². The number of esters is 2. The van der Waals surface area contributed by atoms with Gasteiger partial charge in [-0.2, -0.15) is 0 Å². The standard InChI is InChI=1S/C40H62O5/c1-5-6-7-10-32-13-15-33(16-14-32)11-8-9-12-34-17-19-35(20-18-34)36-21-23-37(24-22-36)38(25-27-44-39(42)30(2)3)26-28-45-40(43)31(4)29-41/h13-16,34-38,41H,2,4-12,17-29H2,1,3H3. The smallest absolute Gasteiger partial charge is 0.335 e. The van der Waals surface area contributed by atoms with Crippen LogP contribution < -0.4 is 0 Å². The number of aliphatic hydroxyl groups is 1. The zero-order valence-corrected chi connectivity index (χ0v) is 28.5. The summed E-state index contributed by atoms with van der Waals surface area (Å²) in [5, 5.41) is 9.14. The van der Waals surface area contributed by atoms with Gasteiger partial charge >= 0.3 is 11.9 Å². The van der Waals surface area contributed by atoms with Crippen LogP contribution in [0, 0.1) is 29.6 Å². The van der Waals surface area contributed by atoms with Crippen molar-refractivity contribution < 1.29 is 24.2 Å². The molecule has 1 aromatic rings. The summed E-state index contributed by atoms with van der Waals surface area (Å²) >= 11 is 0. The molecule has 0 radical (unpaired) electrons. The van der Waals surface area contributed by atoms with Crippen molar-refractivity contribution >= 4 is 11.9 Å². The number of aliphatic hydroxyl groups excluding tert-OH is 1. The first kappa shape index (κ1) is 37.1. The van der Waals surface area contributed by atoms with Gasteiger partial charge in [0.15, 0.2) is 0 Å². The molecule has 2 saturated carbocycles. The molecule has 5 nitrogen and oxygen atoms in total. The van der Waals surface area contributed by atoms with Crippen molar-refractivity contribution in [3.63, 3.8) is 0 Å². The highest BCUT2D eigenvalue weighted by atomic mass is 16.5. The molecule has 2 fully saturated rings. The zero-order chi connectivity index (χ0) is 32.4. The van der Waals surface area contributed by atoms with Gasteiger partial charge in [-0.25, -0.2) is 9.59 Å². The van der Waals surface area contributed by atoms with Gasteiger partial charge in [0, 0.05) is 5.57 Å². The fourth-order valence-corrected chi connectivity index (χ4v) is 7.76. The summed E-state index contributed by atoms with van der Waals surface area (Å²) in [6, 6.07) is 9.40. The van der Waals surface area contributed by atoms with Crippen molar-refractivity contribution in [3.8, 4) is 0 Å². The summed E-state index contributed by atoms with van der Waals surface area (Å²) in [6.07, 6.45) is 22.4. The Hall–Kier alpha value is -2.40. The van der Waals surface area contributed by atoms with Crippen molar-refractivity contribution in [2.24, 2.45) is 29.6 Å². The monoisotopic (exact) mass is 622 g/mol. The second kappa shape index (κ2) is 20.7. The molecule has 2 aliphatic rings. The molecule has 3 rings (SSSR count). The van der Waals surface area contributed by atoms with E-state index in [4.69, 9.17) is 14.6 Å². The average Bonchev–Trinajstić information content (AvgIpc) is 3.06. The number of hydrogen-bond donors (Lipinski definition) is 1. The predicted octanol–water partition coefficient (Wildman–Crippen LogP) is 9.35. The number of unbranched alkanes of at least 4 members (excludes halogenated alkanes) is 3. The van der Waals surface area contributed by atoms with Gasteiger partial charge < -0.3 is 14.6 Å². The summed E-state index contributed by atoms with van der Waals surface area (Å²) in [7, 11) is 0. The van der Waals surface area contributed by atoms with Crippen LogP contribution in [-0.2, 0) is 31.9 Å². The lowest BCUT2D eigenvalue weighted by Crippen LogP contribution is -2.29. The quantitative estimate of drug-likeness (QED) is 0.0891. The predicted molar refractivity (Wildman–Crippen MR) is 184 cm³/mol. The third kappa shape index (κ3) is 13.5. The largest absolute Gasteiger partial charge is 0.462 e. The molecule has 1 atom stereocenters. The highest BCUT2D eigenvalue weighted by Gasteiger charge is 2.33. The summed E-state index contributed by atoms with van der Waals surface area (Å²) < 4.78 is 10.8. The van der Waals surface area contributed by atoms with Crippen LogP contribution in [0.2, 0.25) is 0 Å². The Morgan fingerprint density at radius 1 is 0.778 bits per heavy atom. The van der Waals surface area contributed by atoms with Gasteiger partial charge in [-0.1, -0.05) is 82.9 Å². The van der Waals surface area contributed by atoms with Crippen LogP contribution in [0.25, 0.3) is 0 Å². The first-order valence-electron chi connectivity index (χ1n) is 18.2. The minimum absolute atomic E-state index is 0.0795. The van der Waals surface area contributed by atoms with Crippen molar-refractivity contribution in [2.45, 2.75) is 129 Å². The van der Waals surface area contributed by atoms with Crippen LogP contribution in [0.5, 0.6) is 0 Å². The molecular formula is C40H62O5. The summed E-state index contributed by atoms with van der Waals surface area (Å²) in [6.45, 7) is 11.4. The average molecular weight is 623 g/mol. The van der Waals surface area contributed by atoms with Crippen LogP contribution >= 0.6 is 0 Å². The van der Waals surface area contributed by atoms with E-state index >= 15 is 0 Å². The van der Waals surface area contributed by atoms with E-state index in [1.165, 1.54) is 114 Å². The fraction of sp³-hybridized carbons (Fsp3) is 0.700. The molecule has 0 aliphatic heterocycles. The molecule has 5 heteroatoms. The second-order valence-electron chi connectivity index (χ2n) is 14.1. The Kier molecular flexibility index (Phi) is 17.0. The molecule has 0 amide bonds. The summed E-state index contributed by atoms with van der Waals surface area (Å²) in [5.74, 6) is 2.62. The Labute approximate surface area is 274 Å². The third-order valence-corrected chi connectivity index (χ3v) is 10.7. The number of carbonyl (C=O) groups is 2. The van der Waals surface area contributed by atoms with Gasteiger partial charge in [-0.3, -0.25) is 0 Å². The maximum atomic E-state index is 12.0. The number of carbonyl (C=O) groups excluding carboxylic acids is 2. The highest BCUT2D eigenvalue weighted by molar-refractivity contribution is 5.88. The molecule has 0 heterocycles. The molecule has 0 saturated heterocycles. The van der Waals surface area contributed by atoms with E-state index in [9.17, 15) is 9.59 Å². The minimum atomic E-state index is -0.535. The topological polar surface area (TPSA) is 72.8 Å². The number of benzene rings is 1. The Balaban J connectivity index is 1.34. The molecule has 1 N–H and O–H groups in total. The third-order valence-electron chi connectivity index (χ3n) is 10.7. The van der Waals surface area contributed by atoms with E-state index in [2.05, 4.69) is 44.3 Å². The lowest BCUT2D eigenvalue weighted by molar-refractivity contribution is -0.140. The number of aryl methyl sites for hydroxylation is 2. The van der Waals surface area contributed by atoms with Crippen LogP contribution in [0.4, 0.5) is 0 Å². The normalized spacial score (nSPS) is 22.4. The van der Waals surface area contributed by atoms with E-state index in [0.29, 0.717) is 30.6 Å². The Morgan fingerprint density at radius 2 is 1.29 bits per heavy atom. The van der Waals surface area contributed by atoms with Crippen LogP contribution in [0.1, 0.15) is 128 Å². The number of hydrogen-bond acceptors (Lipinski definition) is 5. The SMILES string of the molecule is C=C(C)C(=O)OCCC(CCOC(=O)C(=C)CO)C1CCC(C2CCC(CCCCc3ccc(CCCCC)cc3)CC2)CC1. The minimum Gasteiger partial charge on any atom is -0.462 e. The molecule has 252 valence electrons. The maximum absolute atomic E-state index is 12.0. The van der Waals surface area contributed by atoms with E-state index in [0.717, 1.165) is 30.6 Å². The molecule has 0 spiro atoms. The number of rotatable bonds is 20. The van der Waals surface area contributed by atoms with Crippen molar-refractivity contribution in [3.05, 3.63) is 59.7 Å². The van der Waals surface area contributed by atoms with E-state index in [1.807, 2.05) is 0 Å². The lowest BCUT2D eigenvalue weighted by atomic mass is 9.66. The fourth-order valence-electron chi connectivity index (χ4n) is 7.76. The maximum Gasteiger partial charge on any atom is 0.335 e. The molecule has 0 aromatic heterocycles. The molecule has 45 heavy (non-hydrogen) atoms. The van der Waals surface area contributed by atoms with Crippen LogP contribution in [0.15, 0.2) is 48.6 Å².